The van der Waals surface area contributed by atoms with Gasteiger partial charge in [0.25, 0.3) is 0 Å². The molecule has 1 atom stereocenters. The second-order valence-corrected chi connectivity index (χ2v) is 2.84. The van der Waals surface area contributed by atoms with Crippen molar-refractivity contribution in [2.75, 3.05) is 0 Å². The Balaban J connectivity index is 3.21. The van der Waals surface area contributed by atoms with Crippen LogP contribution in [-0.4, -0.2) is 0 Å². The Morgan fingerprint density at radius 3 is 2.70 bits per heavy atom. The molecular weight excluding hydrogens is 120 g/mol. The highest BCUT2D eigenvalue weighted by atomic mass is 14.0. The summed E-state index contributed by atoms with van der Waals surface area (Å²) in [6, 6.07) is 0. The van der Waals surface area contributed by atoms with Crippen LogP contribution in [0.4, 0.5) is 0 Å². The van der Waals surface area contributed by atoms with E-state index in [2.05, 4.69) is 32.2 Å². The molecule has 0 heteroatoms. The first-order chi connectivity index (χ1) is 4.81. The van der Waals surface area contributed by atoms with Crippen molar-refractivity contribution in [3.63, 3.8) is 0 Å². The first kappa shape index (κ1) is 9.52. The second kappa shape index (κ2) is 6.64. The fraction of sp³-hybridized carbons (Fsp3) is 0.700. The molecule has 0 nitrogen and oxygen atoms in total. The molecule has 0 bridgehead atoms. The zero-order valence-corrected chi connectivity index (χ0v) is 7.19. The van der Waals surface area contributed by atoms with Crippen LogP contribution in [0.25, 0.3) is 0 Å². The largest absolute Gasteiger partial charge is 0.133 e. The maximum atomic E-state index is 3.55. The van der Waals surface area contributed by atoms with E-state index in [1.807, 2.05) is 0 Å². The molecule has 0 heterocycles. The smallest absolute Gasteiger partial charge is 0.0186 e. The van der Waals surface area contributed by atoms with Crippen molar-refractivity contribution in [2.45, 2.75) is 39.5 Å². The summed E-state index contributed by atoms with van der Waals surface area (Å²) < 4.78 is 0. The third-order valence-corrected chi connectivity index (χ3v) is 1.67. The van der Waals surface area contributed by atoms with Gasteiger partial charge < -0.3 is 0 Å². The van der Waals surface area contributed by atoms with Crippen LogP contribution in [0.2, 0.25) is 0 Å². The monoisotopic (exact) mass is 138 g/mol. The maximum absolute atomic E-state index is 3.55. The molecule has 0 saturated heterocycles. The number of hydrogen-bond donors (Lipinski definition) is 0. The molecule has 0 fully saturated rings. The lowest BCUT2D eigenvalue weighted by atomic mass is 10.0. The van der Waals surface area contributed by atoms with Crippen molar-refractivity contribution < 1.29 is 0 Å². The zero-order valence-electron chi connectivity index (χ0n) is 7.19. The average Bonchev–Trinajstić information content (AvgIpc) is 1.89. The summed E-state index contributed by atoms with van der Waals surface area (Å²) in [5.41, 5.74) is 2.82. The third-order valence-electron chi connectivity index (χ3n) is 1.67. The minimum atomic E-state index is 0.670. The zero-order chi connectivity index (χ0) is 7.82. The van der Waals surface area contributed by atoms with Crippen LogP contribution in [0.5, 0.6) is 0 Å². The maximum Gasteiger partial charge on any atom is -0.0186 e. The lowest BCUT2D eigenvalue weighted by Gasteiger charge is -2.02. The van der Waals surface area contributed by atoms with Crippen LogP contribution < -0.4 is 0 Å². The molecular formula is C10H18. The van der Waals surface area contributed by atoms with Crippen molar-refractivity contribution in [1.29, 1.82) is 0 Å². The van der Waals surface area contributed by atoms with E-state index in [1.54, 1.807) is 0 Å². The minimum Gasteiger partial charge on any atom is -0.133 e. The van der Waals surface area contributed by atoms with Crippen LogP contribution >= 0.6 is 0 Å². The molecule has 58 valence electrons. The van der Waals surface area contributed by atoms with Gasteiger partial charge in [-0.2, -0.15) is 0 Å². The summed E-state index contributed by atoms with van der Waals surface area (Å²) in [5.74, 6) is 0.670. The quantitative estimate of drug-likeness (QED) is 0.402. The summed E-state index contributed by atoms with van der Waals surface area (Å²) in [4.78, 5) is 0. The van der Waals surface area contributed by atoms with Crippen LogP contribution in [0.3, 0.4) is 0 Å². The lowest BCUT2D eigenvalue weighted by molar-refractivity contribution is 0.576. The molecule has 0 aromatic rings. The number of hydrogen-bond acceptors (Lipinski definition) is 0. The molecule has 0 aliphatic carbocycles. The summed E-state index contributed by atoms with van der Waals surface area (Å²) in [6.07, 6.45) is 7.35. The van der Waals surface area contributed by atoms with Gasteiger partial charge in [-0.25, -0.2) is 0 Å². The van der Waals surface area contributed by atoms with Crippen molar-refractivity contribution >= 4 is 0 Å². The van der Waals surface area contributed by atoms with Crippen molar-refractivity contribution in [3.8, 4) is 0 Å². The van der Waals surface area contributed by atoms with E-state index in [9.17, 15) is 0 Å². The van der Waals surface area contributed by atoms with E-state index < -0.39 is 0 Å². The van der Waals surface area contributed by atoms with Crippen LogP contribution in [0.15, 0.2) is 18.4 Å². The van der Waals surface area contributed by atoms with Gasteiger partial charge in [0.1, 0.15) is 0 Å². The Morgan fingerprint density at radius 2 is 2.20 bits per heavy atom. The molecule has 0 aromatic carbocycles. The Hall–Kier alpha value is -0.480. The molecule has 0 aliphatic rings. The summed E-state index contributed by atoms with van der Waals surface area (Å²) >= 11 is 0. The third kappa shape index (κ3) is 5.65. The Bertz CT molecular complexity index is 107. The number of unbranched alkanes of at least 4 members (excludes halogenated alkanes) is 2. The lowest BCUT2D eigenvalue weighted by Crippen LogP contribution is -1.87. The topological polar surface area (TPSA) is 0 Å². The molecule has 0 aliphatic heterocycles. The highest BCUT2D eigenvalue weighted by Crippen LogP contribution is 2.09. The van der Waals surface area contributed by atoms with Gasteiger partial charge in [0.05, 0.1) is 0 Å². The van der Waals surface area contributed by atoms with Gasteiger partial charge in [0.15, 0.2) is 0 Å². The Labute approximate surface area is 64.6 Å². The van der Waals surface area contributed by atoms with Gasteiger partial charge in [-0.3, -0.25) is 0 Å². The number of allylic oxidation sites excluding steroid dienone is 1. The standard InChI is InChI=1S/C10H18/c1-4-6-7-9-10(3)8-5-2/h8,10H,2,4,6-7,9H2,1,3H3. The van der Waals surface area contributed by atoms with Gasteiger partial charge in [-0.1, -0.05) is 39.7 Å². The summed E-state index contributed by atoms with van der Waals surface area (Å²) in [6.45, 7) is 7.99. The van der Waals surface area contributed by atoms with E-state index in [1.165, 1.54) is 25.7 Å². The van der Waals surface area contributed by atoms with E-state index in [0.717, 1.165) is 0 Å². The second-order valence-electron chi connectivity index (χ2n) is 2.84. The molecule has 0 aromatic heterocycles. The SMILES string of the molecule is C=C=CC(C)CCCCC. The van der Waals surface area contributed by atoms with Crippen molar-refractivity contribution in [1.82, 2.24) is 0 Å². The Kier molecular flexibility index (Phi) is 6.32. The van der Waals surface area contributed by atoms with Crippen LogP contribution in [-0.2, 0) is 0 Å². The molecule has 0 rings (SSSR count). The van der Waals surface area contributed by atoms with Gasteiger partial charge >= 0.3 is 0 Å². The summed E-state index contributed by atoms with van der Waals surface area (Å²) in [7, 11) is 0. The Morgan fingerprint density at radius 1 is 1.50 bits per heavy atom. The van der Waals surface area contributed by atoms with Crippen molar-refractivity contribution in [3.05, 3.63) is 18.4 Å². The van der Waals surface area contributed by atoms with Crippen LogP contribution in [0.1, 0.15) is 39.5 Å². The fourth-order valence-corrected chi connectivity index (χ4v) is 1.00. The fourth-order valence-electron chi connectivity index (χ4n) is 1.00. The molecule has 0 spiro atoms. The molecule has 0 amide bonds. The molecule has 0 radical (unpaired) electrons. The first-order valence-electron chi connectivity index (χ1n) is 4.17. The minimum absolute atomic E-state index is 0.670. The van der Waals surface area contributed by atoms with E-state index in [4.69, 9.17) is 0 Å². The van der Waals surface area contributed by atoms with Gasteiger partial charge in [-0.15, -0.1) is 5.73 Å². The van der Waals surface area contributed by atoms with Crippen LogP contribution in [0, 0.1) is 5.92 Å². The molecule has 0 saturated carbocycles. The predicted molar refractivity (Wildman–Crippen MR) is 47.0 cm³/mol. The van der Waals surface area contributed by atoms with Gasteiger partial charge in [0, 0.05) is 0 Å². The number of rotatable bonds is 5. The van der Waals surface area contributed by atoms with E-state index >= 15 is 0 Å². The predicted octanol–water partition coefficient (Wildman–Crippen LogP) is 3.54. The highest BCUT2D eigenvalue weighted by Gasteiger charge is 1.94. The molecule has 1 unspecified atom stereocenters. The molecule has 10 heavy (non-hydrogen) atoms. The highest BCUT2D eigenvalue weighted by molar-refractivity contribution is 4.81. The first-order valence-corrected chi connectivity index (χ1v) is 4.17. The average molecular weight is 138 g/mol. The normalized spacial score (nSPS) is 12.2. The van der Waals surface area contributed by atoms with Gasteiger partial charge in [0.2, 0.25) is 0 Å². The van der Waals surface area contributed by atoms with Crippen molar-refractivity contribution in [2.24, 2.45) is 5.92 Å². The van der Waals surface area contributed by atoms with E-state index in [-0.39, 0.29) is 0 Å². The molecule has 0 N–H and O–H groups in total. The van der Waals surface area contributed by atoms with Gasteiger partial charge in [-0.05, 0) is 18.4 Å². The van der Waals surface area contributed by atoms with E-state index in [0.29, 0.717) is 5.92 Å². The summed E-state index contributed by atoms with van der Waals surface area (Å²) in [5, 5.41) is 0.